The molecule has 128 valence electrons. The number of halogens is 3. The number of rotatable bonds is 3. The highest BCUT2D eigenvalue weighted by molar-refractivity contribution is 6.47. The first kappa shape index (κ1) is 18.1. The maximum absolute atomic E-state index is 13.0. The van der Waals surface area contributed by atoms with Gasteiger partial charge in [0, 0.05) is 0 Å². The third-order valence-corrected chi connectivity index (χ3v) is 4.44. The Balaban J connectivity index is 2.35. The van der Waals surface area contributed by atoms with Crippen LogP contribution < -0.4 is 10.5 Å². The lowest BCUT2D eigenvalue weighted by atomic mass is 9.74. The minimum absolute atomic E-state index is 0.0850. The van der Waals surface area contributed by atoms with Crippen LogP contribution in [-0.2, 0) is 15.5 Å². The third kappa shape index (κ3) is 3.49. The Morgan fingerprint density at radius 1 is 1.09 bits per heavy atom. The zero-order chi connectivity index (χ0) is 17.6. The van der Waals surface area contributed by atoms with Crippen molar-refractivity contribution in [2.45, 2.75) is 51.0 Å². The topological polar surface area (TPSA) is 53.7 Å². The van der Waals surface area contributed by atoms with Crippen molar-refractivity contribution in [3.8, 4) is 5.75 Å². The molecule has 2 rings (SSSR count). The number of ether oxygens (including phenoxy) is 1. The first-order chi connectivity index (χ1) is 10.4. The summed E-state index contributed by atoms with van der Waals surface area (Å²) in [5.74, 6) is -0.783. The molecule has 0 saturated carbocycles. The predicted molar refractivity (Wildman–Crippen MR) is 81.0 cm³/mol. The van der Waals surface area contributed by atoms with Crippen molar-refractivity contribution in [2.75, 3.05) is 7.11 Å². The van der Waals surface area contributed by atoms with E-state index < -0.39 is 36.0 Å². The first-order valence-corrected chi connectivity index (χ1v) is 7.25. The Labute approximate surface area is 134 Å². The van der Waals surface area contributed by atoms with Gasteiger partial charge in [0.25, 0.3) is 0 Å². The zero-order valence-corrected chi connectivity index (χ0v) is 13.8. The van der Waals surface area contributed by atoms with Gasteiger partial charge in [-0.05, 0) is 51.5 Å². The molecule has 0 aromatic heterocycles. The molecule has 0 radical (unpaired) electrons. The van der Waals surface area contributed by atoms with Crippen molar-refractivity contribution in [3.05, 3.63) is 29.3 Å². The Hall–Kier alpha value is -1.25. The number of methoxy groups -OCH3 is 1. The van der Waals surface area contributed by atoms with Crippen LogP contribution in [0.25, 0.3) is 0 Å². The van der Waals surface area contributed by atoms with Crippen LogP contribution in [0.5, 0.6) is 5.75 Å². The molecule has 4 nitrogen and oxygen atoms in total. The summed E-state index contributed by atoms with van der Waals surface area (Å²) in [5.41, 5.74) is 4.31. The SMILES string of the molecule is COc1cc([C@H](N)B2OC(C)(C)C(C)(C)O2)cc(C(F)(F)F)c1. The van der Waals surface area contributed by atoms with Gasteiger partial charge in [-0.2, -0.15) is 13.2 Å². The third-order valence-electron chi connectivity index (χ3n) is 4.44. The van der Waals surface area contributed by atoms with Crippen LogP contribution in [0.2, 0.25) is 0 Å². The molecular formula is C15H21BF3NO3. The standard InChI is InChI=1S/C15H21BF3NO3/c1-13(2)14(3,4)23-16(22-13)12(20)9-6-10(15(17,18)19)8-11(7-9)21-5/h6-8,12H,20H2,1-5H3/t12-/m0/s1. The van der Waals surface area contributed by atoms with Crippen LogP contribution in [-0.4, -0.2) is 25.4 Å². The smallest absolute Gasteiger partial charge is 0.480 e. The number of nitrogens with two attached hydrogens (primary N) is 1. The molecular weight excluding hydrogens is 310 g/mol. The summed E-state index contributed by atoms with van der Waals surface area (Å²) in [4.78, 5) is 0. The minimum atomic E-state index is -4.49. The van der Waals surface area contributed by atoms with E-state index in [1.54, 1.807) is 0 Å². The van der Waals surface area contributed by atoms with Gasteiger partial charge in [0.15, 0.2) is 0 Å². The molecule has 0 bridgehead atoms. The molecule has 8 heteroatoms. The average Bonchev–Trinajstić information content (AvgIpc) is 2.65. The summed E-state index contributed by atoms with van der Waals surface area (Å²) < 4.78 is 55.6. The average molecular weight is 331 g/mol. The molecule has 2 N–H and O–H groups in total. The lowest BCUT2D eigenvalue weighted by Gasteiger charge is -2.32. The van der Waals surface area contributed by atoms with E-state index in [0.29, 0.717) is 0 Å². The molecule has 1 aromatic carbocycles. The van der Waals surface area contributed by atoms with Gasteiger partial charge in [-0.1, -0.05) is 0 Å². The van der Waals surface area contributed by atoms with Crippen molar-refractivity contribution < 1.29 is 27.2 Å². The summed E-state index contributed by atoms with van der Waals surface area (Å²) in [6.07, 6.45) is -4.49. The highest BCUT2D eigenvalue weighted by Crippen LogP contribution is 2.41. The molecule has 1 aliphatic rings. The van der Waals surface area contributed by atoms with Crippen LogP contribution in [0.15, 0.2) is 18.2 Å². The lowest BCUT2D eigenvalue weighted by molar-refractivity contribution is -0.137. The fourth-order valence-corrected chi connectivity index (χ4v) is 2.29. The van der Waals surface area contributed by atoms with E-state index in [9.17, 15) is 13.2 Å². The highest BCUT2D eigenvalue weighted by Gasteiger charge is 2.53. The molecule has 1 heterocycles. The van der Waals surface area contributed by atoms with Crippen LogP contribution >= 0.6 is 0 Å². The normalized spacial score (nSPS) is 21.3. The number of hydrogen-bond donors (Lipinski definition) is 1. The molecule has 1 saturated heterocycles. The summed E-state index contributed by atoms with van der Waals surface area (Å²) in [6, 6.07) is 3.39. The largest absolute Gasteiger partial charge is 0.497 e. The highest BCUT2D eigenvalue weighted by atomic mass is 19.4. The summed E-state index contributed by atoms with van der Waals surface area (Å²) >= 11 is 0. The quantitative estimate of drug-likeness (QED) is 0.863. The number of benzene rings is 1. The molecule has 0 spiro atoms. The molecule has 1 atom stereocenters. The molecule has 0 amide bonds. The van der Waals surface area contributed by atoms with Gasteiger partial charge < -0.3 is 19.8 Å². The van der Waals surface area contributed by atoms with Gasteiger partial charge >= 0.3 is 13.3 Å². The summed E-state index contributed by atoms with van der Waals surface area (Å²) in [7, 11) is 0.466. The Kier molecular flexibility index (Phi) is 4.47. The van der Waals surface area contributed by atoms with Gasteiger partial charge in [0.05, 0.1) is 29.8 Å². The minimum Gasteiger partial charge on any atom is -0.497 e. The van der Waals surface area contributed by atoms with Crippen LogP contribution in [0, 0.1) is 0 Å². The van der Waals surface area contributed by atoms with Gasteiger partial charge in [0.1, 0.15) is 5.75 Å². The van der Waals surface area contributed by atoms with E-state index in [1.807, 2.05) is 27.7 Å². The van der Waals surface area contributed by atoms with Gasteiger partial charge in [0.2, 0.25) is 0 Å². The summed E-state index contributed by atoms with van der Waals surface area (Å²) in [6.45, 7) is 7.41. The van der Waals surface area contributed by atoms with Crippen molar-refractivity contribution in [1.29, 1.82) is 0 Å². The molecule has 23 heavy (non-hydrogen) atoms. The second-order valence-electron chi connectivity index (χ2n) is 6.64. The van der Waals surface area contributed by atoms with E-state index >= 15 is 0 Å². The maximum atomic E-state index is 13.0. The first-order valence-electron chi connectivity index (χ1n) is 7.25. The zero-order valence-electron chi connectivity index (χ0n) is 13.8. The molecule has 1 aliphatic heterocycles. The van der Waals surface area contributed by atoms with E-state index in [2.05, 4.69) is 0 Å². The molecule has 1 aromatic rings. The Morgan fingerprint density at radius 2 is 1.61 bits per heavy atom. The number of hydrogen-bond acceptors (Lipinski definition) is 4. The fraction of sp³-hybridized carbons (Fsp3) is 0.600. The van der Waals surface area contributed by atoms with Crippen molar-refractivity contribution in [1.82, 2.24) is 0 Å². The Bertz CT molecular complexity index is 574. The van der Waals surface area contributed by atoms with E-state index in [-0.39, 0.29) is 11.3 Å². The number of alkyl halides is 3. The van der Waals surface area contributed by atoms with Crippen LogP contribution in [0.3, 0.4) is 0 Å². The van der Waals surface area contributed by atoms with E-state index in [4.69, 9.17) is 19.8 Å². The van der Waals surface area contributed by atoms with Crippen molar-refractivity contribution in [3.63, 3.8) is 0 Å². The Morgan fingerprint density at radius 3 is 2.04 bits per heavy atom. The monoisotopic (exact) mass is 331 g/mol. The van der Waals surface area contributed by atoms with E-state index in [1.165, 1.54) is 13.2 Å². The van der Waals surface area contributed by atoms with Gasteiger partial charge in [-0.15, -0.1) is 0 Å². The molecule has 1 fully saturated rings. The predicted octanol–water partition coefficient (Wildman–Crippen LogP) is 3.35. The van der Waals surface area contributed by atoms with Crippen LogP contribution in [0.4, 0.5) is 13.2 Å². The second-order valence-corrected chi connectivity index (χ2v) is 6.64. The van der Waals surface area contributed by atoms with Gasteiger partial charge in [-0.25, -0.2) is 0 Å². The second kappa shape index (κ2) is 5.68. The van der Waals surface area contributed by atoms with Crippen molar-refractivity contribution >= 4 is 7.12 Å². The summed E-state index contributed by atoms with van der Waals surface area (Å²) in [5, 5.41) is 0. The van der Waals surface area contributed by atoms with Gasteiger partial charge in [-0.3, -0.25) is 0 Å². The van der Waals surface area contributed by atoms with E-state index in [0.717, 1.165) is 12.1 Å². The van der Waals surface area contributed by atoms with Crippen molar-refractivity contribution in [2.24, 2.45) is 5.73 Å². The van der Waals surface area contributed by atoms with Crippen LogP contribution in [0.1, 0.15) is 44.8 Å². The maximum Gasteiger partial charge on any atom is 0.480 e. The molecule has 0 unspecified atom stereocenters. The lowest BCUT2D eigenvalue weighted by Crippen LogP contribution is -2.41. The fourth-order valence-electron chi connectivity index (χ4n) is 2.29. The molecule has 0 aliphatic carbocycles.